The number of rotatable bonds is 2. The van der Waals surface area contributed by atoms with Gasteiger partial charge in [-0.15, -0.1) is 0 Å². The van der Waals surface area contributed by atoms with Crippen LogP contribution in [0.4, 0.5) is 0 Å². The lowest BCUT2D eigenvalue weighted by Crippen LogP contribution is -2.49. The zero-order valence-electron chi connectivity index (χ0n) is 12.6. The molecule has 3 unspecified atom stereocenters. The number of nitrogens with one attached hydrogen (secondary N) is 1. The third-order valence-corrected chi connectivity index (χ3v) is 6.19. The van der Waals surface area contributed by atoms with Crippen LogP contribution in [0.25, 0.3) is 0 Å². The molecule has 1 saturated carbocycles. The Morgan fingerprint density at radius 1 is 1.15 bits per heavy atom. The van der Waals surface area contributed by atoms with Crippen molar-refractivity contribution in [3.8, 4) is 0 Å². The molecule has 1 N–H and O–H groups in total. The minimum absolute atomic E-state index is 0.188. The largest absolute Gasteiger partial charge is 0.321 e. The smallest absolute Gasteiger partial charge is 0.244 e. The Labute approximate surface area is 121 Å². The molecule has 4 heteroatoms. The maximum absolute atomic E-state index is 13.1. The topological polar surface area (TPSA) is 35.6 Å². The molecule has 1 aliphatic carbocycles. The highest BCUT2D eigenvalue weighted by atomic mass is 16.2. The number of carbonyl (C=O) groups excluding carboxylic acids is 1. The third-order valence-electron chi connectivity index (χ3n) is 6.19. The van der Waals surface area contributed by atoms with Crippen LogP contribution in [0.2, 0.25) is 0 Å². The monoisotopic (exact) mass is 277 g/mol. The van der Waals surface area contributed by atoms with Gasteiger partial charge in [0.2, 0.25) is 5.91 Å². The van der Waals surface area contributed by atoms with Gasteiger partial charge in [-0.05, 0) is 45.1 Å². The first-order valence-corrected chi connectivity index (χ1v) is 8.60. The minimum Gasteiger partial charge on any atom is -0.321 e. The lowest BCUT2D eigenvalue weighted by Gasteiger charge is -2.33. The number of hydrogen-bond acceptors (Lipinski definition) is 3. The Kier molecular flexibility index (Phi) is 3.08. The second kappa shape index (κ2) is 4.70. The fourth-order valence-electron chi connectivity index (χ4n) is 5.24. The predicted molar refractivity (Wildman–Crippen MR) is 78.3 cm³/mol. The molecule has 3 atom stereocenters. The van der Waals surface area contributed by atoms with Crippen LogP contribution in [0.3, 0.4) is 0 Å². The van der Waals surface area contributed by atoms with Crippen molar-refractivity contribution < 1.29 is 4.79 Å². The Morgan fingerprint density at radius 3 is 2.70 bits per heavy atom. The van der Waals surface area contributed by atoms with E-state index in [1.54, 1.807) is 0 Å². The average Bonchev–Trinajstić information content (AvgIpc) is 3.18. The molecule has 3 heterocycles. The molecule has 4 aliphatic rings. The van der Waals surface area contributed by atoms with Crippen LogP contribution >= 0.6 is 0 Å². The Balaban J connectivity index is 1.61. The standard InChI is InChI=1S/C16H27N3O/c1-2-14-17-16(8-3-4-9-16)15(20)19(14)13-7-11-18-10-5-6-12(13)18/h12-14,17H,2-11H2,1H3. The minimum atomic E-state index is -0.188. The van der Waals surface area contributed by atoms with Gasteiger partial charge in [-0.1, -0.05) is 19.8 Å². The number of nitrogens with zero attached hydrogens (tertiary/aromatic N) is 2. The van der Waals surface area contributed by atoms with Crippen molar-refractivity contribution in [2.24, 2.45) is 0 Å². The Hall–Kier alpha value is -0.610. The Morgan fingerprint density at radius 2 is 1.95 bits per heavy atom. The number of carbonyl (C=O) groups is 1. The molecule has 0 bridgehead atoms. The van der Waals surface area contributed by atoms with E-state index in [4.69, 9.17) is 0 Å². The van der Waals surface area contributed by atoms with E-state index < -0.39 is 0 Å². The highest BCUT2D eigenvalue weighted by Crippen LogP contribution is 2.41. The van der Waals surface area contributed by atoms with E-state index in [1.807, 2.05) is 0 Å². The van der Waals surface area contributed by atoms with Gasteiger partial charge in [0.25, 0.3) is 0 Å². The van der Waals surface area contributed by atoms with Crippen LogP contribution in [0.15, 0.2) is 0 Å². The van der Waals surface area contributed by atoms with E-state index in [0.29, 0.717) is 18.0 Å². The van der Waals surface area contributed by atoms with Crippen molar-refractivity contribution in [3.05, 3.63) is 0 Å². The summed E-state index contributed by atoms with van der Waals surface area (Å²) in [5.74, 6) is 0.431. The van der Waals surface area contributed by atoms with Crippen LogP contribution in [-0.4, -0.2) is 52.6 Å². The SMILES string of the molecule is CCC1NC2(CCCC2)C(=O)N1C1CCN2CCCC12. The molecule has 3 saturated heterocycles. The highest BCUT2D eigenvalue weighted by Gasteiger charge is 2.56. The summed E-state index contributed by atoms with van der Waals surface area (Å²) < 4.78 is 0. The first-order chi connectivity index (χ1) is 9.75. The van der Waals surface area contributed by atoms with Gasteiger partial charge in [-0.25, -0.2) is 0 Å². The third kappa shape index (κ3) is 1.70. The summed E-state index contributed by atoms with van der Waals surface area (Å²) in [5.41, 5.74) is -0.188. The van der Waals surface area contributed by atoms with Gasteiger partial charge in [-0.2, -0.15) is 0 Å². The number of amides is 1. The maximum Gasteiger partial charge on any atom is 0.244 e. The molecule has 0 aromatic heterocycles. The van der Waals surface area contributed by atoms with E-state index in [-0.39, 0.29) is 11.7 Å². The van der Waals surface area contributed by atoms with Gasteiger partial charge >= 0.3 is 0 Å². The van der Waals surface area contributed by atoms with Gasteiger partial charge in [0.05, 0.1) is 17.7 Å². The normalized spacial score (nSPS) is 40.1. The molecular formula is C16H27N3O. The summed E-state index contributed by atoms with van der Waals surface area (Å²) in [6.45, 7) is 4.66. The lowest BCUT2D eigenvalue weighted by atomic mass is 9.96. The maximum atomic E-state index is 13.1. The zero-order valence-corrected chi connectivity index (χ0v) is 12.6. The molecule has 0 aromatic carbocycles. The van der Waals surface area contributed by atoms with Crippen molar-refractivity contribution in [2.45, 2.75) is 82.1 Å². The molecule has 112 valence electrons. The summed E-state index contributed by atoms with van der Waals surface area (Å²) in [7, 11) is 0. The van der Waals surface area contributed by atoms with Crippen molar-refractivity contribution in [1.82, 2.24) is 15.1 Å². The van der Waals surface area contributed by atoms with Gasteiger partial charge < -0.3 is 4.90 Å². The van der Waals surface area contributed by atoms with E-state index in [9.17, 15) is 4.79 Å². The number of fused-ring (bicyclic) bond motifs is 1. The molecule has 4 nitrogen and oxygen atoms in total. The van der Waals surface area contributed by atoms with E-state index in [0.717, 1.165) is 19.3 Å². The van der Waals surface area contributed by atoms with Gasteiger partial charge in [0, 0.05) is 12.6 Å². The first-order valence-electron chi connectivity index (χ1n) is 8.60. The van der Waals surface area contributed by atoms with Crippen LogP contribution in [0, 0.1) is 0 Å². The predicted octanol–water partition coefficient (Wildman–Crippen LogP) is 1.70. The molecule has 3 aliphatic heterocycles. The van der Waals surface area contributed by atoms with Gasteiger partial charge in [0.1, 0.15) is 0 Å². The van der Waals surface area contributed by atoms with Crippen molar-refractivity contribution in [1.29, 1.82) is 0 Å². The first kappa shape index (κ1) is 13.1. The second-order valence-electron chi connectivity index (χ2n) is 7.17. The van der Waals surface area contributed by atoms with E-state index in [1.165, 1.54) is 45.2 Å². The van der Waals surface area contributed by atoms with Crippen molar-refractivity contribution in [3.63, 3.8) is 0 Å². The van der Waals surface area contributed by atoms with E-state index >= 15 is 0 Å². The van der Waals surface area contributed by atoms with Gasteiger partial charge in [0.15, 0.2) is 0 Å². The van der Waals surface area contributed by atoms with Crippen LogP contribution in [0.1, 0.15) is 58.3 Å². The Bertz CT molecular complexity index is 405. The zero-order chi connectivity index (χ0) is 13.7. The fraction of sp³-hybridized carbons (Fsp3) is 0.938. The van der Waals surface area contributed by atoms with Crippen molar-refractivity contribution >= 4 is 5.91 Å². The highest BCUT2D eigenvalue weighted by molar-refractivity contribution is 5.89. The van der Waals surface area contributed by atoms with Crippen LogP contribution < -0.4 is 5.32 Å². The quantitative estimate of drug-likeness (QED) is 0.834. The molecule has 4 fully saturated rings. The van der Waals surface area contributed by atoms with Gasteiger partial charge in [-0.3, -0.25) is 15.0 Å². The van der Waals surface area contributed by atoms with Crippen molar-refractivity contribution in [2.75, 3.05) is 13.1 Å². The summed E-state index contributed by atoms with van der Waals surface area (Å²) in [5, 5.41) is 3.73. The summed E-state index contributed by atoms with van der Waals surface area (Å²) in [4.78, 5) is 18.0. The molecule has 1 spiro atoms. The summed E-state index contributed by atoms with van der Waals surface area (Å²) >= 11 is 0. The van der Waals surface area contributed by atoms with Crippen LogP contribution in [-0.2, 0) is 4.79 Å². The molecule has 1 amide bonds. The molecule has 4 rings (SSSR count). The summed E-state index contributed by atoms with van der Waals surface area (Å²) in [6.07, 6.45) is 9.65. The molecule has 0 aromatic rings. The lowest BCUT2D eigenvalue weighted by molar-refractivity contribution is -0.135. The van der Waals surface area contributed by atoms with E-state index in [2.05, 4.69) is 22.0 Å². The molecule has 0 radical (unpaired) electrons. The second-order valence-corrected chi connectivity index (χ2v) is 7.17. The average molecular weight is 277 g/mol. The van der Waals surface area contributed by atoms with Crippen LogP contribution in [0.5, 0.6) is 0 Å². The fourth-order valence-corrected chi connectivity index (χ4v) is 5.24. The molecular weight excluding hydrogens is 250 g/mol. The number of hydrogen-bond donors (Lipinski definition) is 1. The molecule has 20 heavy (non-hydrogen) atoms. The summed E-state index contributed by atoms with van der Waals surface area (Å²) in [6, 6.07) is 1.12.